The van der Waals surface area contributed by atoms with Crippen LogP contribution in [-0.2, 0) is 0 Å². The van der Waals surface area contributed by atoms with E-state index in [1.807, 2.05) is 25.1 Å². The van der Waals surface area contributed by atoms with Gasteiger partial charge in [-0.2, -0.15) is 5.26 Å². The molecule has 1 heteroatoms. The van der Waals surface area contributed by atoms with Crippen LogP contribution in [0.5, 0.6) is 0 Å². The summed E-state index contributed by atoms with van der Waals surface area (Å²) in [6, 6.07) is 12.6. The monoisotopic (exact) mass is 173 g/mol. The second-order valence-corrected chi connectivity index (χ2v) is 3.58. The minimum Gasteiger partial charge on any atom is -0.198 e. The van der Waals surface area contributed by atoms with Crippen LogP contribution in [0.1, 0.15) is 31.7 Å². The molecule has 0 aliphatic heterocycles. The summed E-state index contributed by atoms with van der Waals surface area (Å²) in [6.45, 7) is 4.14. The van der Waals surface area contributed by atoms with Gasteiger partial charge in [0.15, 0.2) is 0 Å². The number of nitriles is 1. The van der Waals surface area contributed by atoms with E-state index >= 15 is 0 Å². The van der Waals surface area contributed by atoms with Crippen molar-refractivity contribution in [2.45, 2.75) is 26.2 Å². The Morgan fingerprint density at radius 2 is 1.85 bits per heavy atom. The van der Waals surface area contributed by atoms with Crippen LogP contribution in [0.4, 0.5) is 0 Å². The first-order valence-corrected chi connectivity index (χ1v) is 4.68. The van der Waals surface area contributed by atoms with Gasteiger partial charge in [-0.25, -0.2) is 0 Å². The van der Waals surface area contributed by atoms with E-state index < -0.39 is 0 Å². The average molecular weight is 173 g/mol. The lowest BCUT2D eigenvalue weighted by atomic mass is 9.92. The van der Waals surface area contributed by atoms with Crippen molar-refractivity contribution in [3.05, 3.63) is 35.9 Å². The Bertz CT molecular complexity index is 284. The maximum atomic E-state index is 8.68. The first-order valence-electron chi connectivity index (χ1n) is 4.68. The molecule has 0 spiro atoms. The van der Waals surface area contributed by atoms with Crippen LogP contribution in [0, 0.1) is 17.2 Å². The zero-order valence-electron chi connectivity index (χ0n) is 8.20. The molecule has 1 nitrogen and oxygen atoms in total. The predicted octanol–water partition coefficient (Wildman–Crippen LogP) is 3.34. The van der Waals surface area contributed by atoms with Gasteiger partial charge in [-0.3, -0.25) is 0 Å². The number of hydrogen-bond acceptors (Lipinski definition) is 1. The van der Waals surface area contributed by atoms with Crippen molar-refractivity contribution in [2.24, 2.45) is 5.92 Å². The summed E-state index contributed by atoms with van der Waals surface area (Å²) < 4.78 is 0. The van der Waals surface area contributed by atoms with E-state index in [1.54, 1.807) is 0 Å². The molecule has 68 valence electrons. The topological polar surface area (TPSA) is 23.8 Å². The van der Waals surface area contributed by atoms with E-state index in [4.69, 9.17) is 5.26 Å². The minimum absolute atomic E-state index is 0.148. The van der Waals surface area contributed by atoms with Gasteiger partial charge in [0, 0.05) is 5.92 Å². The van der Waals surface area contributed by atoms with Crippen LogP contribution in [-0.4, -0.2) is 0 Å². The lowest BCUT2D eigenvalue weighted by Gasteiger charge is -2.12. The van der Waals surface area contributed by atoms with Gasteiger partial charge in [0.05, 0.1) is 6.07 Å². The number of benzene rings is 1. The highest BCUT2D eigenvalue weighted by molar-refractivity contribution is 5.18. The van der Waals surface area contributed by atoms with Crippen LogP contribution >= 0.6 is 0 Å². The molecule has 2 atom stereocenters. The van der Waals surface area contributed by atoms with Crippen molar-refractivity contribution < 1.29 is 0 Å². The smallest absolute Gasteiger partial charge is 0.0653 e. The molecule has 1 aromatic rings. The normalized spacial score (nSPS) is 14.5. The maximum absolute atomic E-state index is 8.68. The van der Waals surface area contributed by atoms with Crippen LogP contribution in [0.2, 0.25) is 0 Å². The molecule has 0 bridgehead atoms. The molecule has 0 N–H and O–H groups in total. The Hall–Kier alpha value is -1.29. The van der Waals surface area contributed by atoms with Gasteiger partial charge in [-0.15, -0.1) is 0 Å². The standard InChI is InChI=1S/C12H15N/c1-10(9-13)8-11(2)12-6-4-3-5-7-12/h3-7,10-11H,8H2,1-2H3. The van der Waals surface area contributed by atoms with Crippen LogP contribution in [0.25, 0.3) is 0 Å². The fraction of sp³-hybridized carbons (Fsp3) is 0.417. The average Bonchev–Trinajstić information content (AvgIpc) is 2.19. The van der Waals surface area contributed by atoms with Crippen molar-refractivity contribution in [1.29, 1.82) is 5.26 Å². The van der Waals surface area contributed by atoms with E-state index in [-0.39, 0.29) is 5.92 Å². The molecule has 1 rings (SSSR count). The van der Waals surface area contributed by atoms with E-state index in [1.165, 1.54) is 5.56 Å². The Morgan fingerprint density at radius 3 is 2.38 bits per heavy atom. The van der Waals surface area contributed by atoms with Gasteiger partial charge in [-0.1, -0.05) is 37.3 Å². The zero-order valence-corrected chi connectivity index (χ0v) is 8.20. The highest BCUT2D eigenvalue weighted by Crippen LogP contribution is 2.22. The Balaban J connectivity index is 2.60. The van der Waals surface area contributed by atoms with Crippen molar-refractivity contribution in [3.8, 4) is 6.07 Å². The third-order valence-corrected chi connectivity index (χ3v) is 2.30. The summed E-state index contributed by atoms with van der Waals surface area (Å²) in [5, 5.41) is 8.68. The molecule has 2 unspecified atom stereocenters. The van der Waals surface area contributed by atoms with Crippen molar-refractivity contribution in [2.75, 3.05) is 0 Å². The second kappa shape index (κ2) is 4.67. The molecule has 0 aliphatic rings. The van der Waals surface area contributed by atoms with Gasteiger partial charge in [0.1, 0.15) is 0 Å². The van der Waals surface area contributed by atoms with Crippen molar-refractivity contribution >= 4 is 0 Å². The fourth-order valence-electron chi connectivity index (χ4n) is 1.50. The molecule has 0 heterocycles. The SMILES string of the molecule is CC(C#N)CC(C)c1ccccc1. The molecule has 0 aromatic heterocycles. The molecule has 13 heavy (non-hydrogen) atoms. The second-order valence-electron chi connectivity index (χ2n) is 3.58. The zero-order chi connectivity index (χ0) is 9.68. The van der Waals surface area contributed by atoms with E-state index in [0.717, 1.165) is 6.42 Å². The van der Waals surface area contributed by atoms with Crippen molar-refractivity contribution in [3.63, 3.8) is 0 Å². The molecule has 0 fully saturated rings. The van der Waals surface area contributed by atoms with Gasteiger partial charge in [0.2, 0.25) is 0 Å². The number of nitrogens with zero attached hydrogens (tertiary/aromatic N) is 1. The molecular formula is C12H15N. The van der Waals surface area contributed by atoms with E-state index in [0.29, 0.717) is 5.92 Å². The maximum Gasteiger partial charge on any atom is 0.0653 e. The van der Waals surface area contributed by atoms with Crippen LogP contribution in [0.3, 0.4) is 0 Å². The molecule has 0 saturated heterocycles. The lowest BCUT2D eigenvalue weighted by molar-refractivity contribution is 0.577. The van der Waals surface area contributed by atoms with E-state index in [2.05, 4.69) is 25.1 Å². The third kappa shape index (κ3) is 2.91. The highest BCUT2D eigenvalue weighted by Gasteiger charge is 2.08. The third-order valence-electron chi connectivity index (χ3n) is 2.30. The first-order chi connectivity index (χ1) is 6.24. The Labute approximate surface area is 80.0 Å². The largest absolute Gasteiger partial charge is 0.198 e. The summed E-state index contributed by atoms with van der Waals surface area (Å²) in [6.07, 6.45) is 0.945. The Morgan fingerprint density at radius 1 is 1.23 bits per heavy atom. The minimum atomic E-state index is 0.148. The van der Waals surface area contributed by atoms with E-state index in [9.17, 15) is 0 Å². The van der Waals surface area contributed by atoms with Crippen LogP contribution < -0.4 is 0 Å². The lowest BCUT2D eigenvalue weighted by Crippen LogP contribution is -1.99. The molecule has 0 amide bonds. The summed E-state index contributed by atoms with van der Waals surface area (Å²) in [7, 11) is 0. The predicted molar refractivity (Wildman–Crippen MR) is 54.3 cm³/mol. The molecule has 0 aliphatic carbocycles. The number of hydrogen-bond donors (Lipinski definition) is 0. The molecule has 0 saturated carbocycles. The summed E-state index contributed by atoms with van der Waals surface area (Å²) in [5.74, 6) is 0.631. The van der Waals surface area contributed by atoms with Crippen LogP contribution in [0.15, 0.2) is 30.3 Å². The highest BCUT2D eigenvalue weighted by atomic mass is 14.3. The summed E-state index contributed by atoms with van der Waals surface area (Å²) >= 11 is 0. The first kappa shape index (κ1) is 9.80. The van der Waals surface area contributed by atoms with Gasteiger partial charge in [-0.05, 0) is 24.8 Å². The molecule has 1 aromatic carbocycles. The van der Waals surface area contributed by atoms with Gasteiger partial charge < -0.3 is 0 Å². The molecular weight excluding hydrogens is 158 g/mol. The van der Waals surface area contributed by atoms with Gasteiger partial charge >= 0.3 is 0 Å². The fourth-order valence-corrected chi connectivity index (χ4v) is 1.50. The van der Waals surface area contributed by atoms with Gasteiger partial charge in [0.25, 0.3) is 0 Å². The Kier molecular flexibility index (Phi) is 3.52. The summed E-state index contributed by atoms with van der Waals surface area (Å²) in [4.78, 5) is 0. The quantitative estimate of drug-likeness (QED) is 0.687. The summed E-state index contributed by atoms with van der Waals surface area (Å²) in [5.41, 5.74) is 1.32. The molecule has 0 radical (unpaired) electrons. The van der Waals surface area contributed by atoms with Crippen molar-refractivity contribution in [1.82, 2.24) is 0 Å². The number of rotatable bonds is 3.